The summed E-state index contributed by atoms with van der Waals surface area (Å²) in [4.78, 5) is 20.0. The molecule has 3 aromatic rings. The van der Waals surface area contributed by atoms with Gasteiger partial charge in [-0.05, 0) is 67.5 Å². The van der Waals surface area contributed by atoms with Crippen LogP contribution in [0.5, 0.6) is 0 Å². The van der Waals surface area contributed by atoms with E-state index in [4.69, 9.17) is 0 Å². The van der Waals surface area contributed by atoms with Crippen LogP contribution in [-0.4, -0.2) is 35.9 Å². The van der Waals surface area contributed by atoms with Gasteiger partial charge in [0.15, 0.2) is 5.78 Å². The maximum absolute atomic E-state index is 13.9. The van der Waals surface area contributed by atoms with Crippen LogP contribution in [0.3, 0.4) is 0 Å². The van der Waals surface area contributed by atoms with Gasteiger partial charge >= 0.3 is 0 Å². The highest BCUT2D eigenvalue weighted by molar-refractivity contribution is 6.20. The molecular formula is C31H36N4O. The number of aromatic nitrogens is 1. The van der Waals surface area contributed by atoms with Crippen LogP contribution in [0.4, 0.5) is 5.69 Å². The lowest BCUT2D eigenvalue weighted by Gasteiger charge is -2.38. The van der Waals surface area contributed by atoms with Gasteiger partial charge in [-0.1, -0.05) is 39.7 Å². The summed E-state index contributed by atoms with van der Waals surface area (Å²) in [5, 5.41) is 14.2. The first-order valence-electron chi connectivity index (χ1n) is 13.7. The average molecular weight is 481 g/mol. The van der Waals surface area contributed by atoms with E-state index in [1.165, 1.54) is 49.8 Å². The zero-order valence-corrected chi connectivity index (χ0v) is 21.7. The molecule has 5 nitrogen and oxygen atoms in total. The summed E-state index contributed by atoms with van der Waals surface area (Å²) in [6.07, 6.45) is 8.67. The fourth-order valence-corrected chi connectivity index (χ4v) is 6.87. The molecule has 2 aliphatic carbocycles. The van der Waals surface area contributed by atoms with Crippen LogP contribution in [0.15, 0.2) is 30.3 Å². The third-order valence-electron chi connectivity index (χ3n) is 8.96. The Labute approximate surface area is 213 Å². The van der Waals surface area contributed by atoms with E-state index in [1.54, 1.807) is 6.07 Å². The van der Waals surface area contributed by atoms with E-state index >= 15 is 0 Å². The number of benzene rings is 2. The highest BCUT2D eigenvalue weighted by atomic mass is 16.1. The Morgan fingerprint density at radius 1 is 1.08 bits per heavy atom. The fourth-order valence-electron chi connectivity index (χ4n) is 6.87. The van der Waals surface area contributed by atoms with E-state index in [0.29, 0.717) is 11.6 Å². The van der Waals surface area contributed by atoms with Gasteiger partial charge in [0, 0.05) is 58.4 Å². The van der Waals surface area contributed by atoms with Gasteiger partial charge in [-0.25, -0.2) is 0 Å². The quantitative estimate of drug-likeness (QED) is 0.482. The van der Waals surface area contributed by atoms with Crippen molar-refractivity contribution in [1.29, 1.82) is 5.26 Å². The SMILES string of the molecule is CCc1cc2c(cc1N1CCC(NC3CCCC3)CC1)C(C)(C)c1[nH]c3cc(C#N)ccc3c1C2=O. The Morgan fingerprint density at radius 3 is 2.50 bits per heavy atom. The molecule has 2 aromatic carbocycles. The Bertz CT molecular complexity index is 1380. The van der Waals surface area contributed by atoms with Crippen LogP contribution in [0, 0.1) is 11.3 Å². The maximum Gasteiger partial charge on any atom is 0.195 e. The molecule has 1 saturated carbocycles. The lowest BCUT2D eigenvalue weighted by Crippen LogP contribution is -2.46. The van der Waals surface area contributed by atoms with Gasteiger partial charge in [-0.15, -0.1) is 0 Å². The van der Waals surface area contributed by atoms with Crippen LogP contribution in [0.1, 0.15) is 97.6 Å². The topological polar surface area (TPSA) is 71.9 Å². The zero-order valence-electron chi connectivity index (χ0n) is 21.7. The summed E-state index contributed by atoms with van der Waals surface area (Å²) in [5.41, 5.74) is 7.33. The molecule has 186 valence electrons. The van der Waals surface area contributed by atoms with Gasteiger partial charge in [0.25, 0.3) is 0 Å². The summed E-state index contributed by atoms with van der Waals surface area (Å²) in [5.74, 6) is 0.0935. The maximum atomic E-state index is 13.9. The number of piperidine rings is 1. The molecule has 36 heavy (non-hydrogen) atoms. The second kappa shape index (κ2) is 8.78. The normalized spacial score (nSPS) is 19.9. The van der Waals surface area contributed by atoms with Gasteiger partial charge < -0.3 is 15.2 Å². The molecule has 5 heteroatoms. The second-order valence-corrected chi connectivity index (χ2v) is 11.5. The van der Waals surface area contributed by atoms with E-state index < -0.39 is 0 Å². The molecule has 0 atom stereocenters. The van der Waals surface area contributed by atoms with Crippen molar-refractivity contribution < 1.29 is 4.79 Å². The zero-order chi connectivity index (χ0) is 25.0. The van der Waals surface area contributed by atoms with Crippen molar-refractivity contribution in [3.8, 4) is 6.07 Å². The molecule has 6 rings (SSSR count). The number of fused-ring (bicyclic) bond motifs is 4. The first kappa shape index (κ1) is 23.3. The van der Waals surface area contributed by atoms with Crippen molar-refractivity contribution >= 4 is 22.4 Å². The predicted molar refractivity (Wildman–Crippen MR) is 145 cm³/mol. The Kier molecular flexibility index (Phi) is 5.68. The predicted octanol–water partition coefficient (Wildman–Crippen LogP) is 5.97. The smallest absolute Gasteiger partial charge is 0.195 e. The van der Waals surface area contributed by atoms with Crippen LogP contribution in [-0.2, 0) is 11.8 Å². The van der Waals surface area contributed by atoms with Gasteiger partial charge in [-0.2, -0.15) is 5.26 Å². The molecule has 0 unspecified atom stereocenters. The van der Waals surface area contributed by atoms with E-state index in [9.17, 15) is 10.1 Å². The second-order valence-electron chi connectivity index (χ2n) is 11.5. The molecular weight excluding hydrogens is 444 g/mol. The van der Waals surface area contributed by atoms with Gasteiger partial charge in [0.05, 0.1) is 17.2 Å². The number of ketones is 1. The average Bonchev–Trinajstić information content (AvgIpc) is 3.55. The monoisotopic (exact) mass is 480 g/mol. The van der Waals surface area contributed by atoms with Crippen molar-refractivity contribution in [2.45, 2.75) is 83.2 Å². The van der Waals surface area contributed by atoms with Crippen LogP contribution >= 0.6 is 0 Å². The van der Waals surface area contributed by atoms with Gasteiger partial charge in [-0.3, -0.25) is 4.79 Å². The van der Waals surface area contributed by atoms with Crippen LogP contribution in [0.25, 0.3) is 10.9 Å². The number of carbonyl (C=O) groups is 1. The third-order valence-corrected chi connectivity index (χ3v) is 8.96. The number of aryl methyl sites for hydroxylation is 1. The van der Waals surface area contributed by atoms with E-state index in [-0.39, 0.29) is 11.2 Å². The Hall–Kier alpha value is -3.10. The minimum atomic E-state index is -0.340. The third kappa shape index (κ3) is 3.66. The van der Waals surface area contributed by atoms with Crippen molar-refractivity contribution in [2.24, 2.45) is 0 Å². The highest BCUT2D eigenvalue weighted by Gasteiger charge is 2.40. The standard InChI is InChI=1S/C31H36N4O/c1-4-20-16-24-25(17-27(20)35-13-11-22(12-14-35)33-21-7-5-6-8-21)31(2,3)30-28(29(24)36)23-10-9-19(18-32)15-26(23)34-30/h9-10,15-17,21-22,33-34H,4-8,11-14H2,1-3H3. The number of aromatic amines is 1. The van der Waals surface area contributed by atoms with E-state index in [0.717, 1.165) is 58.8 Å². The molecule has 1 aliphatic heterocycles. The number of hydrogen-bond donors (Lipinski definition) is 2. The highest BCUT2D eigenvalue weighted by Crippen LogP contribution is 2.46. The van der Waals surface area contributed by atoms with E-state index in [1.807, 2.05) is 12.1 Å². The first-order chi connectivity index (χ1) is 17.4. The molecule has 0 bridgehead atoms. The number of carbonyl (C=O) groups excluding carboxylic acids is 1. The minimum absolute atomic E-state index is 0.0935. The van der Waals surface area contributed by atoms with Crippen LogP contribution < -0.4 is 10.2 Å². The Morgan fingerprint density at radius 2 is 1.81 bits per heavy atom. The molecule has 2 fully saturated rings. The fraction of sp³-hybridized carbons (Fsp3) is 0.484. The largest absolute Gasteiger partial charge is 0.371 e. The first-order valence-corrected chi connectivity index (χ1v) is 13.7. The number of H-pyrrole nitrogens is 1. The van der Waals surface area contributed by atoms with Crippen molar-refractivity contribution in [3.05, 3.63) is 63.8 Å². The van der Waals surface area contributed by atoms with Crippen LogP contribution in [0.2, 0.25) is 0 Å². The summed E-state index contributed by atoms with van der Waals surface area (Å²) in [6.45, 7) is 8.73. The molecule has 1 saturated heterocycles. The summed E-state index contributed by atoms with van der Waals surface area (Å²) in [7, 11) is 0. The Balaban J connectivity index is 1.35. The summed E-state index contributed by atoms with van der Waals surface area (Å²) in [6, 6.07) is 13.6. The molecule has 2 N–H and O–H groups in total. The summed E-state index contributed by atoms with van der Waals surface area (Å²) >= 11 is 0. The van der Waals surface area contributed by atoms with Crippen molar-refractivity contribution in [1.82, 2.24) is 10.3 Å². The number of rotatable bonds is 4. The number of anilines is 1. The number of nitriles is 1. The van der Waals surface area contributed by atoms with Crippen molar-refractivity contribution in [3.63, 3.8) is 0 Å². The lowest BCUT2D eigenvalue weighted by molar-refractivity contribution is 0.103. The molecule has 0 radical (unpaired) electrons. The van der Waals surface area contributed by atoms with Gasteiger partial charge in [0.2, 0.25) is 0 Å². The van der Waals surface area contributed by atoms with E-state index in [2.05, 4.69) is 54.2 Å². The molecule has 0 spiro atoms. The molecule has 0 amide bonds. The van der Waals surface area contributed by atoms with Gasteiger partial charge in [0.1, 0.15) is 0 Å². The lowest BCUT2D eigenvalue weighted by atomic mass is 9.70. The number of hydrogen-bond acceptors (Lipinski definition) is 4. The summed E-state index contributed by atoms with van der Waals surface area (Å²) < 4.78 is 0. The van der Waals surface area contributed by atoms with Crippen molar-refractivity contribution in [2.75, 3.05) is 18.0 Å². The molecule has 1 aromatic heterocycles. The minimum Gasteiger partial charge on any atom is -0.371 e. The number of nitrogens with zero attached hydrogens (tertiary/aromatic N) is 2. The molecule has 2 heterocycles. The molecule has 3 aliphatic rings. The number of nitrogens with one attached hydrogen (secondary N) is 2.